The van der Waals surface area contributed by atoms with Crippen molar-refractivity contribution in [3.63, 3.8) is 0 Å². The Balaban J connectivity index is 1.52. The lowest BCUT2D eigenvalue weighted by molar-refractivity contribution is -0.118. The zero-order valence-electron chi connectivity index (χ0n) is 14.0. The molecule has 0 saturated heterocycles. The van der Waals surface area contributed by atoms with Crippen LogP contribution in [0.2, 0.25) is 0 Å². The molecule has 3 rings (SSSR count). The number of carbonyl (C=O) groups excluding carboxylic acids is 1. The number of aromatic nitrogens is 2. The second-order valence-electron chi connectivity index (χ2n) is 5.65. The summed E-state index contributed by atoms with van der Waals surface area (Å²) in [7, 11) is 0. The van der Waals surface area contributed by atoms with Crippen molar-refractivity contribution in [2.45, 2.75) is 25.0 Å². The summed E-state index contributed by atoms with van der Waals surface area (Å²) in [5.41, 5.74) is 2.90. The van der Waals surface area contributed by atoms with Crippen molar-refractivity contribution in [3.8, 4) is 0 Å². The normalized spacial score (nSPS) is 11.0. The van der Waals surface area contributed by atoms with Gasteiger partial charge in [0.15, 0.2) is 5.16 Å². The van der Waals surface area contributed by atoms with E-state index >= 15 is 0 Å². The average Bonchev–Trinajstić information content (AvgIpc) is 2.97. The number of fused-ring (bicyclic) bond motifs is 1. The molecule has 4 nitrogen and oxygen atoms in total. The molecule has 0 unspecified atom stereocenters. The Bertz CT molecular complexity index is 878. The lowest BCUT2D eigenvalue weighted by atomic mass is 10.1. The van der Waals surface area contributed by atoms with E-state index < -0.39 is 0 Å². The van der Waals surface area contributed by atoms with Crippen LogP contribution in [-0.4, -0.2) is 27.8 Å². The molecule has 0 fully saturated rings. The van der Waals surface area contributed by atoms with Gasteiger partial charge in [0, 0.05) is 13.1 Å². The third kappa shape index (κ3) is 4.39. The van der Waals surface area contributed by atoms with E-state index in [0.29, 0.717) is 18.7 Å². The van der Waals surface area contributed by atoms with Crippen LogP contribution in [0.25, 0.3) is 11.0 Å². The lowest BCUT2D eigenvalue weighted by Gasteiger charge is -2.07. The smallest absolute Gasteiger partial charge is 0.230 e. The van der Waals surface area contributed by atoms with Gasteiger partial charge in [0.2, 0.25) is 5.91 Å². The van der Waals surface area contributed by atoms with Crippen molar-refractivity contribution in [2.24, 2.45) is 0 Å². The minimum absolute atomic E-state index is 0.0453. The fourth-order valence-electron chi connectivity index (χ4n) is 2.69. The van der Waals surface area contributed by atoms with E-state index in [2.05, 4.69) is 21.8 Å². The Morgan fingerprint density at radius 3 is 2.88 bits per heavy atom. The first-order valence-corrected chi connectivity index (χ1v) is 9.25. The number of thioether (sulfide) groups is 1. The average molecular weight is 357 g/mol. The first-order chi connectivity index (χ1) is 12.2. The second kappa shape index (κ2) is 8.16. The summed E-state index contributed by atoms with van der Waals surface area (Å²) in [4.78, 5) is 16.6. The standard InChI is InChI=1S/C19H20FN3OS/c1-2-23-17-9-4-3-8-16(17)22-19(23)25-13-18(24)21-11-10-14-6-5-7-15(20)12-14/h3-9,12H,2,10-11,13H2,1H3,(H,21,24). The summed E-state index contributed by atoms with van der Waals surface area (Å²) in [5, 5.41) is 3.72. The van der Waals surface area contributed by atoms with E-state index in [4.69, 9.17) is 0 Å². The van der Waals surface area contributed by atoms with Crippen LogP contribution in [0.4, 0.5) is 4.39 Å². The molecular weight excluding hydrogens is 337 g/mol. The summed E-state index contributed by atoms with van der Waals surface area (Å²) in [6, 6.07) is 14.4. The fraction of sp³-hybridized carbons (Fsp3) is 0.263. The molecule has 0 atom stereocenters. The first-order valence-electron chi connectivity index (χ1n) is 8.26. The Labute approximate surface area is 150 Å². The van der Waals surface area contributed by atoms with Gasteiger partial charge in [-0.15, -0.1) is 0 Å². The van der Waals surface area contributed by atoms with Gasteiger partial charge in [0.25, 0.3) is 0 Å². The van der Waals surface area contributed by atoms with Crippen LogP contribution in [0.15, 0.2) is 53.7 Å². The van der Waals surface area contributed by atoms with Crippen molar-refractivity contribution in [2.75, 3.05) is 12.3 Å². The predicted molar refractivity (Wildman–Crippen MR) is 99.2 cm³/mol. The van der Waals surface area contributed by atoms with E-state index in [9.17, 15) is 9.18 Å². The maximum absolute atomic E-state index is 13.1. The van der Waals surface area contributed by atoms with Crippen molar-refractivity contribution in [3.05, 3.63) is 59.9 Å². The highest BCUT2D eigenvalue weighted by atomic mass is 32.2. The molecule has 0 spiro atoms. The van der Waals surface area contributed by atoms with Crippen LogP contribution in [0.5, 0.6) is 0 Å². The summed E-state index contributed by atoms with van der Waals surface area (Å²) >= 11 is 1.43. The molecule has 0 aliphatic heterocycles. The number of amides is 1. The second-order valence-corrected chi connectivity index (χ2v) is 6.59. The van der Waals surface area contributed by atoms with Gasteiger partial charge in [0.1, 0.15) is 5.82 Å². The maximum Gasteiger partial charge on any atom is 0.230 e. The highest BCUT2D eigenvalue weighted by Crippen LogP contribution is 2.23. The zero-order valence-corrected chi connectivity index (χ0v) is 14.9. The van der Waals surface area contributed by atoms with Gasteiger partial charge in [-0.05, 0) is 43.2 Å². The highest BCUT2D eigenvalue weighted by Gasteiger charge is 2.11. The topological polar surface area (TPSA) is 46.9 Å². The van der Waals surface area contributed by atoms with Crippen molar-refractivity contribution >= 4 is 28.7 Å². The quantitative estimate of drug-likeness (QED) is 0.657. The molecule has 0 aliphatic carbocycles. The van der Waals surface area contributed by atoms with Gasteiger partial charge in [-0.3, -0.25) is 4.79 Å². The molecule has 1 amide bonds. The minimum atomic E-state index is -0.252. The molecule has 6 heteroatoms. The van der Waals surface area contributed by atoms with Crippen molar-refractivity contribution < 1.29 is 9.18 Å². The molecule has 0 radical (unpaired) electrons. The van der Waals surface area contributed by atoms with Gasteiger partial charge in [-0.25, -0.2) is 9.37 Å². The Morgan fingerprint density at radius 1 is 1.24 bits per heavy atom. The number of nitrogens with one attached hydrogen (secondary N) is 1. The molecule has 0 saturated carbocycles. The summed E-state index contributed by atoms with van der Waals surface area (Å²) in [6.07, 6.45) is 0.613. The third-order valence-corrected chi connectivity index (χ3v) is 4.87. The number of hydrogen-bond donors (Lipinski definition) is 1. The van der Waals surface area contributed by atoms with Gasteiger partial charge in [-0.2, -0.15) is 0 Å². The molecular formula is C19H20FN3OS. The van der Waals surface area contributed by atoms with E-state index in [1.807, 2.05) is 30.3 Å². The van der Waals surface area contributed by atoms with Crippen LogP contribution < -0.4 is 5.32 Å². The number of nitrogens with zero attached hydrogens (tertiary/aromatic N) is 2. The van der Waals surface area contributed by atoms with Gasteiger partial charge in [0.05, 0.1) is 16.8 Å². The SMILES string of the molecule is CCn1c(SCC(=O)NCCc2cccc(F)c2)nc2ccccc21. The lowest BCUT2D eigenvalue weighted by Crippen LogP contribution is -2.27. The molecule has 1 N–H and O–H groups in total. The largest absolute Gasteiger partial charge is 0.355 e. The third-order valence-electron chi connectivity index (χ3n) is 3.89. The molecule has 25 heavy (non-hydrogen) atoms. The molecule has 0 aliphatic rings. The number of imidazole rings is 1. The Kier molecular flexibility index (Phi) is 5.71. The number of rotatable bonds is 7. The number of carbonyl (C=O) groups is 1. The number of benzene rings is 2. The molecule has 3 aromatic rings. The Morgan fingerprint density at radius 2 is 2.08 bits per heavy atom. The summed E-state index contributed by atoms with van der Waals surface area (Å²) < 4.78 is 15.2. The summed E-state index contributed by atoms with van der Waals surface area (Å²) in [5.74, 6) is 0.0147. The van der Waals surface area contributed by atoms with Gasteiger partial charge in [-0.1, -0.05) is 36.0 Å². The molecule has 130 valence electrons. The first kappa shape index (κ1) is 17.5. The van der Waals surface area contributed by atoms with Crippen LogP contribution in [0, 0.1) is 5.82 Å². The van der Waals surface area contributed by atoms with E-state index in [1.165, 1.54) is 23.9 Å². The monoisotopic (exact) mass is 357 g/mol. The van der Waals surface area contributed by atoms with E-state index in [1.54, 1.807) is 6.07 Å². The van der Waals surface area contributed by atoms with Crippen LogP contribution in [0.3, 0.4) is 0 Å². The number of para-hydroxylation sites is 2. The minimum Gasteiger partial charge on any atom is -0.355 e. The highest BCUT2D eigenvalue weighted by molar-refractivity contribution is 7.99. The molecule has 1 heterocycles. The molecule has 2 aromatic carbocycles. The summed E-state index contributed by atoms with van der Waals surface area (Å²) in [6.45, 7) is 3.37. The molecule has 1 aromatic heterocycles. The van der Waals surface area contributed by atoms with Crippen molar-refractivity contribution in [1.29, 1.82) is 0 Å². The van der Waals surface area contributed by atoms with Crippen molar-refractivity contribution in [1.82, 2.24) is 14.9 Å². The zero-order chi connectivity index (χ0) is 17.6. The van der Waals surface area contributed by atoms with Crippen LogP contribution in [0.1, 0.15) is 12.5 Å². The van der Waals surface area contributed by atoms with Gasteiger partial charge >= 0.3 is 0 Å². The van der Waals surface area contributed by atoms with Crippen LogP contribution >= 0.6 is 11.8 Å². The number of aryl methyl sites for hydroxylation is 1. The molecule has 0 bridgehead atoms. The van der Waals surface area contributed by atoms with E-state index in [0.717, 1.165) is 28.3 Å². The fourth-order valence-corrected chi connectivity index (χ4v) is 3.60. The predicted octanol–water partition coefficient (Wildman–Crippen LogP) is 3.65. The Hall–Kier alpha value is -2.34. The number of hydrogen-bond acceptors (Lipinski definition) is 3. The van der Waals surface area contributed by atoms with E-state index in [-0.39, 0.29) is 11.7 Å². The van der Waals surface area contributed by atoms with Gasteiger partial charge < -0.3 is 9.88 Å². The number of halogens is 1. The van der Waals surface area contributed by atoms with Crippen LogP contribution in [-0.2, 0) is 17.8 Å². The maximum atomic E-state index is 13.1.